The topological polar surface area (TPSA) is 80.8 Å². The van der Waals surface area contributed by atoms with Crippen LogP contribution in [0.5, 0.6) is 0 Å². The van der Waals surface area contributed by atoms with Gasteiger partial charge in [0.05, 0.1) is 0 Å². The van der Waals surface area contributed by atoms with Gasteiger partial charge in [0.15, 0.2) is 14.6 Å². The number of hydrogen-bond donors (Lipinski definition) is 0. The Balaban J connectivity index is 2.19. The highest BCUT2D eigenvalue weighted by Gasteiger charge is 2.47. The zero-order valence-electron chi connectivity index (χ0n) is 15.6. The Bertz CT molecular complexity index is 844. The summed E-state index contributed by atoms with van der Waals surface area (Å²) in [5.41, 5.74) is 0.684. The molecule has 0 unspecified atom stereocenters. The van der Waals surface area contributed by atoms with E-state index in [-0.39, 0.29) is 18.9 Å². The van der Waals surface area contributed by atoms with Gasteiger partial charge in [0.2, 0.25) is 0 Å². The Morgan fingerprint density at radius 1 is 1.27 bits per heavy atom. The molecule has 144 valence electrons. The minimum atomic E-state index is -3.74. The first kappa shape index (κ1) is 20.9. The van der Waals surface area contributed by atoms with Crippen molar-refractivity contribution >= 4 is 37.6 Å². The summed E-state index contributed by atoms with van der Waals surface area (Å²) in [7, 11) is -3.74. The van der Waals surface area contributed by atoms with Gasteiger partial charge in [0.1, 0.15) is 5.60 Å². The maximum atomic E-state index is 12.6. The van der Waals surface area contributed by atoms with E-state index in [1.807, 2.05) is 6.07 Å². The van der Waals surface area contributed by atoms with Gasteiger partial charge in [-0.1, -0.05) is 15.9 Å². The fourth-order valence-corrected chi connectivity index (χ4v) is 3.92. The third kappa shape index (κ3) is 4.28. The number of sulfone groups is 1. The van der Waals surface area contributed by atoms with Gasteiger partial charge in [-0.3, -0.25) is 9.59 Å². The van der Waals surface area contributed by atoms with Gasteiger partial charge in [0, 0.05) is 29.4 Å². The van der Waals surface area contributed by atoms with Crippen LogP contribution in [0.15, 0.2) is 22.7 Å². The van der Waals surface area contributed by atoms with Crippen LogP contribution in [0.3, 0.4) is 0 Å². The van der Waals surface area contributed by atoms with Crippen molar-refractivity contribution in [1.29, 1.82) is 0 Å². The fourth-order valence-electron chi connectivity index (χ4n) is 2.70. The number of carbonyl (C=O) groups is 2. The summed E-state index contributed by atoms with van der Waals surface area (Å²) >= 11 is 3.38. The summed E-state index contributed by atoms with van der Waals surface area (Å²) in [5.74, 6) is -0.952. The van der Waals surface area contributed by atoms with Gasteiger partial charge in [0.25, 0.3) is 5.91 Å². The van der Waals surface area contributed by atoms with E-state index in [0.29, 0.717) is 12.1 Å². The summed E-state index contributed by atoms with van der Waals surface area (Å²) in [6.07, 6.45) is 0.996. The van der Waals surface area contributed by atoms with Gasteiger partial charge in [-0.05, 0) is 57.9 Å². The molecule has 0 spiro atoms. The molecule has 0 saturated heterocycles. The lowest BCUT2D eigenvalue weighted by atomic mass is 10.1. The van der Waals surface area contributed by atoms with Gasteiger partial charge < -0.3 is 9.64 Å². The molecule has 1 atom stereocenters. The normalized spacial score (nSPS) is 17.0. The van der Waals surface area contributed by atoms with Gasteiger partial charge in [-0.15, -0.1) is 0 Å². The number of carbonyl (C=O) groups excluding carboxylic acids is 2. The van der Waals surface area contributed by atoms with Crippen LogP contribution < -0.4 is 0 Å². The third-order valence-corrected chi connectivity index (χ3v) is 6.95. The van der Waals surface area contributed by atoms with Crippen molar-refractivity contribution in [2.24, 2.45) is 0 Å². The number of rotatable bonds is 5. The van der Waals surface area contributed by atoms with Crippen molar-refractivity contribution < 1.29 is 22.7 Å². The number of hydrogen-bond acceptors (Lipinski definition) is 5. The molecule has 0 radical (unpaired) electrons. The zero-order valence-corrected chi connectivity index (χ0v) is 18.0. The predicted octanol–water partition coefficient (Wildman–Crippen LogP) is 2.94. The lowest BCUT2D eigenvalue weighted by molar-refractivity contribution is -0.158. The number of halogens is 1. The van der Waals surface area contributed by atoms with Gasteiger partial charge in [-0.25, -0.2) is 8.42 Å². The Hall–Kier alpha value is -1.41. The van der Waals surface area contributed by atoms with Crippen LogP contribution >= 0.6 is 15.9 Å². The van der Waals surface area contributed by atoms with Crippen molar-refractivity contribution in [1.82, 2.24) is 4.90 Å². The van der Waals surface area contributed by atoms with Gasteiger partial charge >= 0.3 is 5.97 Å². The van der Waals surface area contributed by atoms with E-state index in [1.165, 1.54) is 6.92 Å². The summed E-state index contributed by atoms with van der Waals surface area (Å²) < 4.78 is 29.1. The molecule has 1 heterocycles. The van der Waals surface area contributed by atoms with E-state index in [9.17, 15) is 18.0 Å². The van der Waals surface area contributed by atoms with Crippen LogP contribution in [-0.4, -0.2) is 48.3 Å². The van der Waals surface area contributed by atoms with Crippen LogP contribution in [0.25, 0.3) is 0 Å². The minimum absolute atomic E-state index is 0.0261. The number of nitrogens with zero attached hydrogens (tertiary/aromatic N) is 1. The van der Waals surface area contributed by atoms with Gasteiger partial charge in [-0.2, -0.15) is 0 Å². The molecule has 1 aromatic carbocycles. The monoisotopic (exact) mass is 445 g/mol. The molecule has 0 aliphatic carbocycles. The van der Waals surface area contributed by atoms with E-state index in [0.717, 1.165) is 16.3 Å². The molecule has 0 saturated carbocycles. The number of ether oxygens (including phenoxy) is 1. The van der Waals surface area contributed by atoms with E-state index < -0.39 is 26.2 Å². The molecule has 0 aromatic heterocycles. The molecular weight excluding hydrogens is 422 g/mol. The number of fused-ring (bicyclic) bond motifs is 1. The molecule has 0 fully saturated rings. The average molecular weight is 446 g/mol. The number of benzene rings is 1. The van der Waals surface area contributed by atoms with Crippen molar-refractivity contribution in [3.8, 4) is 0 Å². The summed E-state index contributed by atoms with van der Waals surface area (Å²) in [5, 5.41) is 0. The third-order valence-electron chi connectivity index (χ3n) is 4.45. The van der Waals surface area contributed by atoms with Crippen molar-refractivity contribution in [2.75, 3.05) is 12.8 Å². The largest absolute Gasteiger partial charge is 0.459 e. The highest BCUT2D eigenvalue weighted by atomic mass is 79.9. The molecule has 1 aliphatic heterocycles. The molecular formula is C18H24BrNO5S. The first-order chi connectivity index (χ1) is 11.7. The fraction of sp³-hybridized carbons (Fsp3) is 0.556. The van der Waals surface area contributed by atoms with Crippen molar-refractivity contribution in [3.63, 3.8) is 0 Å². The molecule has 26 heavy (non-hydrogen) atoms. The number of amides is 1. The first-order valence-electron chi connectivity index (χ1n) is 8.25. The Morgan fingerprint density at radius 2 is 1.88 bits per heavy atom. The molecule has 2 rings (SSSR count). The average Bonchev–Trinajstić information content (AvgIpc) is 2.77. The van der Waals surface area contributed by atoms with E-state index in [4.69, 9.17) is 4.74 Å². The second-order valence-electron chi connectivity index (χ2n) is 7.78. The molecule has 1 amide bonds. The van der Waals surface area contributed by atoms with Crippen molar-refractivity contribution in [2.45, 2.75) is 51.0 Å². The number of esters is 1. The smallest absolute Gasteiger partial charge is 0.327 e. The predicted molar refractivity (Wildman–Crippen MR) is 103 cm³/mol. The molecule has 8 heteroatoms. The van der Waals surface area contributed by atoms with E-state index >= 15 is 0 Å². The molecule has 1 aliphatic rings. The standard InChI is InChI=1S/C18H24BrNO5S/c1-17(2,3)25-16(22)18(4,26(5,23)24)8-9-20-11-12-10-13(19)6-7-14(12)15(20)21/h6-7,10H,8-9,11H2,1-5H3/t18-/m1/s1. The summed E-state index contributed by atoms with van der Waals surface area (Å²) in [4.78, 5) is 26.6. The summed E-state index contributed by atoms with van der Waals surface area (Å²) in [6.45, 7) is 6.96. The Kier molecular flexibility index (Phi) is 5.59. The second kappa shape index (κ2) is 6.96. The molecule has 0 N–H and O–H groups in total. The zero-order chi connectivity index (χ0) is 19.9. The maximum absolute atomic E-state index is 12.6. The van der Waals surface area contributed by atoms with Crippen LogP contribution in [0.4, 0.5) is 0 Å². The SMILES string of the molecule is CC(C)(C)OC(=O)[C@@](C)(CCN1Cc2cc(Br)ccc2C1=O)S(C)(=O)=O. The lowest BCUT2D eigenvalue weighted by Crippen LogP contribution is -2.48. The first-order valence-corrected chi connectivity index (χ1v) is 10.9. The Morgan fingerprint density at radius 3 is 2.42 bits per heavy atom. The molecule has 0 bridgehead atoms. The van der Waals surface area contributed by atoms with Crippen LogP contribution in [0, 0.1) is 0 Å². The molecule has 6 nitrogen and oxygen atoms in total. The van der Waals surface area contributed by atoms with Crippen LogP contribution in [0.1, 0.15) is 50.0 Å². The van der Waals surface area contributed by atoms with Crippen LogP contribution in [-0.2, 0) is 25.9 Å². The minimum Gasteiger partial charge on any atom is -0.459 e. The second-order valence-corrected chi connectivity index (χ2v) is 11.1. The maximum Gasteiger partial charge on any atom is 0.327 e. The highest BCUT2D eigenvalue weighted by molar-refractivity contribution is 9.10. The highest BCUT2D eigenvalue weighted by Crippen LogP contribution is 2.30. The summed E-state index contributed by atoms with van der Waals surface area (Å²) in [6, 6.07) is 5.41. The molecule has 1 aromatic rings. The Labute approximate surface area is 162 Å². The van der Waals surface area contributed by atoms with Crippen molar-refractivity contribution in [3.05, 3.63) is 33.8 Å². The van der Waals surface area contributed by atoms with E-state index in [1.54, 1.807) is 37.8 Å². The quantitative estimate of drug-likeness (QED) is 0.650. The van der Waals surface area contributed by atoms with Crippen LogP contribution in [0.2, 0.25) is 0 Å². The lowest BCUT2D eigenvalue weighted by Gasteiger charge is -2.31. The van der Waals surface area contributed by atoms with E-state index in [2.05, 4.69) is 15.9 Å².